The molecule has 2 aliphatic carbocycles. The molecule has 3 fully saturated rings. The quantitative estimate of drug-likeness (QED) is 0.922. The van der Waals surface area contributed by atoms with Gasteiger partial charge in [0.2, 0.25) is 0 Å². The standard InChI is InChI=1S/C18H22N6O/c1-10-6-20-15(7-19-10)18(25)24-8-13(11-2-3-11)14(9-24)17-21-16(22-23-17)12-4-5-12/h6-7,11-14H,2-5,8-9H2,1H3,(H,21,22,23)/t13-,14+/m1/s1. The molecule has 7 heteroatoms. The van der Waals surface area contributed by atoms with Gasteiger partial charge in [0.25, 0.3) is 5.91 Å². The number of nitrogens with zero attached hydrogens (tertiary/aromatic N) is 5. The largest absolute Gasteiger partial charge is 0.336 e. The molecule has 130 valence electrons. The summed E-state index contributed by atoms with van der Waals surface area (Å²) in [5.41, 5.74) is 1.25. The molecule has 2 atom stereocenters. The van der Waals surface area contributed by atoms with Crippen molar-refractivity contribution >= 4 is 5.91 Å². The molecule has 1 aliphatic heterocycles. The van der Waals surface area contributed by atoms with E-state index in [0.717, 1.165) is 23.9 Å². The van der Waals surface area contributed by atoms with Gasteiger partial charge >= 0.3 is 0 Å². The number of rotatable bonds is 4. The number of aromatic amines is 1. The summed E-state index contributed by atoms with van der Waals surface area (Å²) in [6.45, 7) is 3.34. The third-order valence-electron chi connectivity index (χ3n) is 5.69. The Labute approximate surface area is 146 Å². The van der Waals surface area contributed by atoms with Gasteiger partial charge in [-0.15, -0.1) is 0 Å². The summed E-state index contributed by atoms with van der Waals surface area (Å²) in [4.78, 5) is 28.0. The van der Waals surface area contributed by atoms with Crippen molar-refractivity contribution in [2.45, 2.75) is 44.4 Å². The summed E-state index contributed by atoms with van der Waals surface area (Å²) >= 11 is 0. The fourth-order valence-corrected chi connectivity index (χ4v) is 3.93. The van der Waals surface area contributed by atoms with Crippen molar-refractivity contribution in [3.8, 4) is 0 Å². The predicted octanol–water partition coefficient (Wildman–Crippen LogP) is 2.05. The second-order valence-corrected chi connectivity index (χ2v) is 7.71. The van der Waals surface area contributed by atoms with Crippen LogP contribution >= 0.6 is 0 Å². The molecule has 3 aliphatic rings. The zero-order valence-corrected chi connectivity index (χ0v) is 14.4. The van der Waals surface area contributed by atoms with Gasteiger partial charge in [0.05, 0.1) is 11.9 Å². The van der Waals surface area contributed by atoms with Crippen LogP contribution in [0.5, 0.6) is 0 Å². The van der Waals surface area contributed by atoms with E-state index in [1.165, 1.54) is 25.7 Å². The van der Waals surface area contributed by atoms with Gasteiger partial charge in [-0.1, -0.05) is 0 Å². The molecule has 1 N–H and O–H groups in total. The van der Waals surface area contributed by atoms with Crippen molar-refractivity contribution in [3.63, 3.8) is 0 Å². The van der Waals surface area contributed by atoms with E-state index in [0.29, 0.717) is 30.0 Å². The van der Waals surface area contributed by atoms with Crippen LogP contribution < -0.4 is 0 Å². The molecule has 2 saturated carbocycles. The summed E-state index contributed by atoms with van der Waals surface area (Å²) in [6, 6.07) is 0. The highest BCUT2D eigenvalue weighted by Gasteiger charge is 2.46. The molecule has 7 nitrogen and oxygen atoms in total. The van der Waals surface area contributed by atoms with Crippen LogP contribution in [0.2, 0.25) is 0 Å². The van der Waals surface area contributed by atoms with Crippen LogP contribution in [0, 0.1) is 18.8 Å². The molecule has 1 amide bonds. The average Bonchev–Trinajstić information content (AvgIpc) is 3.56. The number of aromatic nitrogens is 5. The first-order valence-corrected chi connectivity index (χ1v) is 9.19. The molecule has 5 rings (SSSR count). The van der Waals surface area contributed by atoms with E-state index < -0.39 is 0 Å². The van der Waals surface area contributed by atoms with E-state index >= 15 is 0 Å². The maximum atomic E-state index is 12.8. The molecule has 2 aromatic heterocycles. The van der Waals surface area contributed by atoms with E-state index in [1.54, 1.807) is 12.4 Å². The molecule has 3 heterocycles. The highest BCUT2D eigenvalue weighted by Crippen LogP contribution is 2.47. The van der Waals surface area contributed by atoms with Crippen molar-refractivity contribution in [2.75, 3.05) is 13.1 Å². The van der Waals surface area contributed by atoms with Crippen LogP contribution in [0.3, 0.4) is 0 Å². The third kappa shape index (κ3) is 2.81. The smallest absolute Gasteiger partial charge is 0.274 e. The lowest BCUT2D eigenvalue weighted by Gasteiger charge is -2.15. The number of amides is 1. The van der Waals surface area contributed by atoms with E-state index in [2.05, 4.69) is 20.2 Å². The molecule has 2 aromatic rings. The second kappa shape index (κ2) is 5.61. The summed E-state index contributed by atoms with van der Waals surface area (Å²) in [7, 11) is 0. The Hall–Kier alpha value is -2.31. The number of aryl methyl sites for hydroxylation is 1. The summed E-state index contributed by atoms with van der Waals surface area (Å²) in [6.07, 6.45) is 8.15. The lowest BCUT2D eigenvalue weighted by Crippen LogP contribution is -2.30. The molecule has 0 radical (unpaired) electrons. The first-order valence-electron chi connectivity index (χ1n) is 9.19. The first kappa shape index (κ1) is 15.0. The maximum absolute atomic E-state index is 12.8. The Morgan fingerprint density at radius 2 is 2.00 bits per heavy atom. The Balaban J connectivity index is 1.37. The fourth-order valence-electron chi connectivity index (χ4n) is 3.93. The van der Waals surface area contributed by atoms with Gasteiger partial charge in [-0.2, -0.15) is 5.10 Å². The van der Waals surface area contributed by atoms with E-state index in [-0.39, 0.29) is 11.8 Å². The number of H-pyrrole nitrogens is 1. The van der Waals surface area contributed by atoms with E-state index in [4.69, 9.17) is 4.98 Å². The van der Waals surface area contributed by atoms with Crippen LogP contribution in [0.15, 0.2) is 12.4 Å². The van der Waals surface area contributed by atoms with Crippen LogP contribution in [0.4, 0.5) is 0 Å². The molecule has 0 aromatic carbocycles. The topological polar surface area (TPSA) is 87.7 Å². The van der Waals surface area contributed by atoms with Gasteiger partial charge in [0.15, 0.2) is 5.82 Å². The zero-order chi connectivity index (χ0) is 17.0. The Morgan fingerprint density at radius 3 is 2.68 bits per heavy atom. The zero-order valence-electron chi connectivity index (χ0n) is 14.4. The van der Waals surface area contributed by atoms with Crippen LogP contribution in [-0.2, 0) is 0 Å². The van der Waals surface area contributed by atoms with Gasteiger partial charge < -0.3 is 4.90 Å². The molecule has 25 heavy (non-hydrogen) atoms. The van der Waals surface area contributed by atoms with Gasteiger partial charge in [-0.3, -0.25) is 14.9 Å². The summed E-state index contributed by atoms with van der Waals surface area (Å²) in [5.74, 6) is 3.88. The van der Waals surface area contributed by atoms with Crippen molar-refractivity contribution in [1.82, 2.24) is 30.0 Å². The highest BCUT2D eigenvalue weighted by atomic mass is 16.2. The molecular formula is C18H22N6O. The van der Waals surface area contributed by atoms with Crippen molar-refractivity contribution in [3.05, 3.63) is 35.4 Å². The lowest BCUT2D eigenvalue weighted by molar-refractivity contribution is 0.0778. The maximum Gasteiger partial charge on any atom is 0.274 e. The fraction of sp³-hybridized carbons (Fsp3) is 0.611. The second-order valence-electron chi connectivity index (χ2n) is 7.71. The first-order chi connectivity index (χ1) is 12.2. The predicted molar refractivity (Wildman–Crippen MR) is 90.0 cm³/mol. The average molecular weight is 338 g/mol. The third-order valence-corrected chi connectivity index (χ3v) is 5.69. The highest BCUT2D eigenvalue weighted by molar-refractivity contribution is 5.92. The number of carbonyl (C=O) groups excluding carboxylic acids is 1. The Morgan fingerprint density at radius 1 is 1.16 bits per heavy atom. The monoisotopic (exact) mass is 338 g/mol. The molecule has 0 unspecified atom stereocenters. The minimum Gasteiger partial charge on any atom is -0.336 e. The number of hydrogen-bond acceptors (Lipinski definition) is 5. The summed E-state index contributed by atoms with van der Waals surface area (Å²) < 4.78 is 0. The number of nitrogens with one attached hydrogen (secondary N) is 1. The normalized spacial score (nSPS) is 26.2. The van der Waals surface area contributed by atoms with Crippen molar-refractivity contribution in [2.24, 2.45) is 11.8 Å². The SMILES string of the molecule is Cc1cnc(C(=O)N2C[C@H](c3nc(C4CC4)n[nH]3)[C@@H](C3CC3)C2)cn1. The van der Waals surface area contributed by atoms with E-state index in [9.17, 15) is 4.79 Å². The number of likely N-dealkylation sites (tertiary alicyclic amines) is 1. The van der Waals surface area contributed by atoms with Crippen LogP contribution in [0.1, 0.15) is 65.4 Å². The Kier molecular flexibility index (Phi) is 3.36. The van der Waals surface area contributed by atoms with Crippen LogP contribution in [0.25, 0.3) is 0 Å². The number of hydrogen-bond donors (Lipinski definition) is 1. The molecule has 0 bridgehead atoms. The van der Waals surface area contributed by atoms with Crippen molar-refractivity contribution in [1.29, 1.82) is 0 Å². The minimum atomic E-state index is -0.0254. The van der Waals surface area contributed by atoms with Crippen LogP contribution in [-0.4, -0.2) is 49.0 Å². The number of carbonyl (C=O) groups is 1. The van der Waals surface area contributed by atoms with Crippen molar-refractivity contribution < 1.29 is 4.79 Å². The lowest BCUT2D eigenvalue weighted by atomic mass is 9.91. The summed E-state index contributed by atoms with van der Waals surface area (Å²) in [5, 5.41) is 7.57. The molecule has 0 spiro atoms. The van der Waals surface area contributed by atoms with Gasteiger partial charge in [-0.05, 0) is 44.4 Å². The van der Waals surface area contributed by atoms with Gasteiger partial charge in [0, 0.05) is 31.1 Å². The van der Waals surface area contributed by atoms with Gasteiger partial charge in [0.1, 0.15) is 11.5 Å². The molecule has 1 saturated heterocycles. The molecular weight excluding hydrogens is 316 g/mol. The minimum absolute atomic E-state index is 0.0254. The van der Waals surface area contributed by atoms with E-state index in [1.807, 2.05) is 11.8 Å². The van der Waals surface area contributed by atoms with Gasteiger partial charge in [-0.25, -0.2) is 9.97 Å². The Bertz CT molecular complexity index is 792.